The molecule has 0 fully saturated rings. The number of hydrogen-bond donors (Lipinski definition) is 1. The van der Waals surface area contributed by atoms with Gasteiger partial charge in [-0.1, -0.05) is 18.2 Å². The van der Waals surface area contributed by atoms with Crippen LogP contribution in [0, 0.1) is 5.82 Å². The molecule has 7 heteroatoms. The number of hydrogen-bond acceptors (Lipinski definition) is 3. The standard InChI is InChI=1S/C21H28FN3O2.HI/c1-23-21(25(2)15-17-7-10-18(22)11-8-17)24-13-5-6-16-9-12-19(26-3)20(14-16)27-4;/h7-12,14H,5-6,13,15H2,1-4H3,(H,23,24);1H. The van der Waals surface area contributed by atoms with Crippen LogP contribution in [0.15, 0.2) is 47.5 Å². The molecule has 2 rings (SSSR count). The minimum absolute atomic E-state index is 0. The summed E-state index contributed by atoms with van der Waals surface area (Å²) in [6.07, 6.45) is 1.88. The van der Waals surface area contributed by atoms with E-state index in [1.54, 1.807) is 33.4 Å². The zero-order valence-corrected chi connectivity index (χ0v) is 19.2. The summed E-state index contributed by atoms with van der Waals surface area (Å²) < 4.78 is 23.6. The number of methoxy groups -OCH3 is 2. The van der Waals surface area contributed by atoms with Gasteiger partial charge in [-0.15, -0.1) is 24.0 Å². The van der Waals surface area contributed by atoms with Gasteiger partial charge in [-0.25, -0.2) is 4.39 Å². The molecule has 0 unspecified atom stereocenters. The molecule has 0 aliphatic rings. The lowest BCUT2D eigenvalue weighted by atomic mass is 10.1. The molecular formula is C21H29FIN3O2. The van der Waals surface area contributed by atoms with Crippen molar-refractivity contribution >= 4 is 29.9 Å². The van der Waals surface area contributed by atoms with Gasteiger partial charge < -0.3 is 19.7 Å². The van der Waals surface area contributed by atoms with E-state index in [1.165, 1.54) is 17.7 Å². The average molecular weight is 501 g/mol. The van der Waals surface area contributed by atoms with E-state index in [0.717, 1.165) is 42.4 Å². The maximum Gasteiger partial charge on any atom is 0.193 e. The van der Waals surface area contributed by atoms with Crippen molar-refractivity contribution in [3.8, 4) is 11.5 Å². The zero-order valence-electron chi connectivity index (χ0n) is 16.9. The van der Waals surface area contributed by atoms with Crippen LogP contribution in [0.2, 0.25) is 0 Å². The van der Waals surface area contributed by atoms with Crippen LogP contribution in [0.25, 0.3) is 0 Å². The average Bonchev–Trinajstić information content (AvgIpc) is 2.69. The monoisotopic (exact) mass is 501 g/mol. The fraction of sp³-hybridized carbons (Fsp3) is 0.381. The molecule has 5 nitrogen and oxygen atoms in total. The molecule has 0 saturated heterocycles. The topological polar surface area (TPSA) is 46.1 Å². The molecule has 0 spiro atoms. The molecule has 28 heavy (non-hydrogen) atoms. The van der Waals surface area contributed by atoms with Crippen LogP contribution in [0.1, 0.15) is 17.5 Å². The van der Waals surface area contributed by atoms with Crippen molar-refractivity contribution in [2.45, 2.75) is 19.4 Å². The summed E-state index contributed by atoms with van der Waals surface area (Å²) in [5.41, 5.74) is 2.23. The molecule has 0 aliphatic heterocycles. The van der Waals surface area contributed by atoms with Crippen molar-refractivity contribution < 1.29 is 13.9 Å². The summed E-state index contributed by atoms with van der Waals surface area (Å²) in [4.78, 5) is 6.33. The molecular weight excluding hydrogens is 472 g/mol. The molecule has 0 radical (unpaired) electrons. The van der Waals surface area contributed by atoms with Gasteiger partial charge in [0, 0.05) is 27.2 Å². The highest BCUT2D eigenvalue weighted by atomic mass is 127. The molecule has 0 atom stereocenters. The van der Waals surface area contributed by atoms with Gasteiger partial charge in [0.1, 0.15) is 5.82 Å². The second-order valence-electron chi connectivity index (χ2n) is 6.25. The minimum atomic E-state index is -0.223. The Morgan fingerprint density at radius 3 is 2.29 bits per heavy atom. The third-order valence-electron chi connectivity index (χ3n) is 4.28. The Balaban J connectivity index is 0.00000392. The number of guanidine groups is 1. The fourth-order valence-electron chi connectivity index (χ4n) is 2.85. The van der Waals surface area contributed by atoms with Gasteiger partial charge in [0.25, 0.3) is 0 Å². The van der Waals surface area contributed by atoms with Gasteiger partial charge >= 0.3 is 0 Å². The first-order valence-electron chi connectivity index (χ1n) is 8.94. The third kappa shape index (κ3) is 7.18. The van der Waals surface area contributed by atoms with Crippen LogP contribution in [0.4, 0.5) is 4.39 Å². The Hall–Kier alpha value is -2.03. The van der Waals surface area contributed by atoms with Crippen molar-refractivity contribution in [3.05, 3.63) is 59.4 Å². The van der Waals surface area contributed by atoms with E-state index >= 15 is 0 Å². The first-order chi connectivity index (χ1) is 13.1. The molecule has 0 heterocycles. The summed E-state index contributed by atoms with van der Waals surface area (Å²) in [7, 11) is 7.00. The fourth-order valence-corrected chi connectivity index (χ4v) is 2.85. The van der Waals surface area contributed by atoms with E-state index in [0.29, 0.717) is 6.54 Å². The molecule has 2 aromatic rings. The Morgan fingerprint density at radius 1 is 1.04 bits per heavy atom. The number of aryl methyl sites for hydroxylation is 1. The van der Waals surface area contributed by atoms with Gasteiger partial charge in [-0.2, -0.15) is 0 Å². The van der Waals surface area contributed by atoms with E-state index in [-0.39, 0.29) is 29.8 Å². The van der Waals surface area contributed by atoms with Crippen LogP contribution in [0.3, 0.4) is 0 Å². The van der Waals surface area contributed by atoms with Crippen molar-refractivity contribution in [3.63, 3.8) is 0 Å². The largest absolute Gasteiger partial charge is 0.493 e. The summed E-state index contributed by atoms with van der Waals surface area (Å²) in [5.74, 6) is 2.07. The van der Waals surface area contributed by atoms with Crippen molar-refractivity contribution in [2.75, 3.05) is 34.9 Å². The second-order valence-corrected chi connectivity index (χ2v) is 6.25. The van der Waals surface area contributed by atoms with E-state index in [1.807, 2.05) is 24.1 Å². The highest BCUT2D eigenvalue weighted by molar-refractivity contribution is 14.0. The highest BCUT2D eigenvalue weighted by Crippen LogP contribution is 2.27. The van der Waals surface area contributed by atoms with Crippen molar-refractivity contribution in [1.29, 1.82) is 0 Å². The molecule has 0 saturated carbocycles. The van der Waals surface area contributed by atoms with Crippen LogP contribution < -0.4 is 14.8 Å². The number of nitrogens with one attached hydrogen (secondary N) is 1. The predicted octanol–water partition coefficient (Wildman–Crippen LogP) is 4.10. The maximum atomic E-state index is 13.0. The van der Waals surface area contributed by atoms with Gasteiger partial charge in [0.05, 0.1) is 14.2 Å². The summed E-state index contributed by atoms with van der Waals surface area (Å²) in [6, 6.07) is 12.5. The van der Waals surface area contributed by atoms with E-state index in [4.69, 9.17) is 9.47 Å². The molecule has 0 aromatic heterocycles. The lowest BCUT2D eigenvalue weighted by Crippen LogP contribution is -2.39. The lowest BCUT2D eigenvalue weighted by Gasteiger charge is -2.22. The van der Waals surface area contributed by atoms with E-state index in [9.17, 15) is 4.39 Å². The number of nitrogens with zero attached hydrogens (tertiary/aromatic N) is 2. The van der Waals surface area contributed by atoms with Crippen molar-refractivity contribution in [1.82, 2.24) is 10.2 Å². The van der Waals surface area contributed by atoms with Gasteiger partial charge in [0.2, 0.25) is 0 Å². The number of aliphatic imine (C=N–C) groups is 1. The minimum Gasteiger partial charge on any atom is -0.493 e. The van der Waals surface area contributed by atoms with Crippen molar-refractivity contribution in [2.24, 2.45) is 4.99 Å². The predicted molar refractivity (Wildman–Crippen MR) is 123 cm³/mol. The first kappa shape index (κ1) is 24.0. The van der Waals surface area contributed by atoms with E-state index in [2.05, 4.69) is 16.4 Å². The Kier molecular flexibility index (Phi) is 10.7. The lowest BCUT2D eigenvalue weighted by molar-refractivity contribution is 0.354. The number of halogens is 2. The van der Waals surface area contributed by atoms with Crippen LogP contribution in [-0.4, -0.2) is 45.7 Å². The Bertz CT molecular complexity index is 754. The van der Waals surface area contributed by atoms with Crippen LogP contribution in [-0.2, 0) is 13.0 Å². The number of benzene rings is 2. The van der Waals surface area contributed by atoms with Crippen LogP contribution in [0.5, 0.6) is 11.5 Å². The zero-order chi connectivity index (χ0) is 19.6. The number of ether oxygens (including phenoxy) is 2. The molecule has 2 aromatic carbocycles. The van der Waals surface area contributed by atoms with Crippen LogP contribution >= 0.6 is 24.0 Å². The van der Waals surface area contributed by atoms with E-state index < -0.39 is 0 Å². The molecule has 0 aliphatic carbocycles. The summed E-state index contributed by atoms with van der Waals surface area (Å²) in [5, 5.41) is 3.37. The second kappa shape index (κ2) is 12.4. The maximum absolute atomic E-state index is 13.0. The normalized spacial score (nSPS) is 10.8. The SMILES string of the molecule is CN=C(NCCCc1ccc(OC)c(OC)c1)N(C)Cc1ccc(F)cc1.I. The summed E-state index contributed by atoms with van der Waals surface area (Å²) >= 11 is 0. The smallest absolute Gasteiger partial charge is 0.193 e. The quantitative estimate of drug-likeness (QED) is 0.256. The third-order valence-corrected chi connectivity index (χ3v) is 4.28. The summed E-state index contributed by atoms with van der Waals surface area (Å²) in [6.45, 7) is 1.46. The highest BCUT2D eigenvalue weighted by Gasteiger charge is 2.07. The number of rotatable bonds is 8. The Labute approximate surface area is 184 Å². The molecule has 154 valence electrons. The Morgan fingerprint density at radius 2 is 1.68 bits per heavy atom. The van der Waals surface area contributed by atoms with Gasteiger partial charge in [-0.3, -0.25) is 4.99 Å². The molecule has 0 amide bonds. The van der Waals surface area contributed by atoms with Gasteiger partial charge in [0.15, 0.2) is 17.5 Å². The van der Waals surface area contributed by atoms with Gasteiger partial charge in [-0.05, 0) is 48.2 Å². The molecule has 0 bridgehead atoms. The first-order valence-corrected chi connectivity index (χ1v) is 8.94. The molecule has 1 N–H and O–H groups in total.